The number of H-pyrrole nitrogens is 1. The number of nitrogens with zero attached hydrogens (tertiary/aromatic N) is 3. The Labute approximate surface area is 220 Å². The van der Waals surface area contributed by atoms with Gasteiger partial charge >= 0.3 is 6.09 Å². The standard InChI is InChI=1S/C27H33N7O4/c1-27(2,3)38-26(37)32-22(15-8-6-5-7-9-15)25(36)30-16-10-17-21-18(12-29-33-24(17)35)23(31-19(21)11-16)20-13-34(4)14-28-20/h10-15,22,31H,5-9H2,1-4H3,(H,30,36)(H,32,37)(H,33,35)/t22-/m1/s1. The van der Waals surface area contributed by atoms with Crippen molar-refractivity contribution in [2.75, 3.05) is 5.32 Å². The average Bonchev–Trinajstić information content (AvgIpc) is 3.40. The number of hydrazone groups is 1. The number of carbonyl (C=O) groups excluding carboxylic acids is 3. The molecule has 4 N–H and O–H groups in total. The van der Waals surface area contributed by atoms with Gasteiger partial charge in [0.2, 0.25) is 5.91 Å². The second-order valence-electron chi connectivity index (χ2n) is 11.0. The lowest BCUT2D eigenvalue weighted by Crippen LogP contribution is -2.50. The summed E-state index contributed by atoms with van der Waals surface area (Å²) in [6.07, 6.45) is 9.33. The van der Waals surface area contributed by atoms with E-state index in [0.717, 1.165) is 43.4 Å². The van der Waals surface area contributed by atoms with Crippen molar-refractivity contribution in [1.82, 2.24) is 25.3 Å². The van der Waals surface area contributed by atoms with Crippen LogP contribution in [0, 0.1) is 5.92 Å². The van der Waals surface area contributed by atoms with Crippen molar-refractivity contribution >= 4 is 40.7 Å². The van der Waals surface area contributed by atoms with Gasteiger partial charge in [-0.3, -0.25) is 9.59 Å². The topological polar surface area (TPSA) is 142 Å². The molecule has 1 atom stereocenters. The fourth-order valence-corrected chi connectivity index (χ4v) is 5.22. The highest BCUT2D eigenvalue weighted by atomic mass is 16.6. The molecule has 3 amide bonds. The van der Waals surface area contributed by atoms with Crippen LogP contribution in [0.15, 0.2) is 29.8 Å². The molecular weight excluding hydrogens is 486 g/mol. The highest BCUT2D eigenvalue weighted by Gasteiger charge is 2.33. The summed E-state index contributed by atoms with van der Waals surface area (Å²) in [6, 6.07) is 2.65. The highest BCUT2D eigenvalue weighted by molar-refractivity contribution is 6.18. The molecule has 5 rings (SSSR count). The monoisotopic (exact) mass is 519 g/mol. The van der Waals surface area contributed by atoms with Gasteiger partial charge in [0.05, 0.1) is 23.8 Å². The molecule has 3 heterocycles. The van der Waals surface area contributed by atoms with Crippen molar-refractivity contribution in [3.8, 4) is 11.4 Å². The fraction of sp³-hybridized carbons (Fsp3) is 0.444. The molecule has 1 fully saturated rings. The van der Waals surface area contributed by atoms with Crippen LogP contribution in [0.25, 0.3) is 22.3 Å². The van der Waals surface area contributed by atoms with Gasteiger partial charge in [0.15, 0.2) is 0 Å². The fourth-order valence-electron chi connectivity index (χ4n) is 5.22. The SMILES string of the molecule is Cn1cnc(-c2[nH]c3cc(NC(=O)[C@H](NC(=O)OC(C)(C)C)C4CCCCC4)cc4c3c2C=NNC4=O)c1. The molecule has 11 heteroatoms. The molecule has 0 unspecified atom stereocenters. The van der Waals surface area contributed by atoms with Gasteiger partial charge in [0.1, 0.15) is 17.3 Å². The van der Waals surface area contributed by atoms with Crippen LogP contribution in [-0.4, -0.2) is 50.3 Å². The van der Waals surface area contributed by atoms with Gasteiger partial charge < -0.3 is 24.9 Å². The molecule has 11 nitrogen and oxygen atoms in total. The van der Waals surface area contributed by atoms with E-state index in [1.165, 1.54) is 0 Å². The zero-order valence-electron chi connectivity index (χ0n) is 22.1. The number of imidazole rings is 1. The Kier molecular flexibility index (Phi) is 6.68. The molecule has 0 bridgehead atoms. The van der Waals surface area contributed by atoms with Crippen molar-refractivity contribution in [2.45, 2.75) is 64.5 Å². The average molecular weight is 520 g/mol. The maximum absolute atomic E-state index is 13.6. The number of aromatic nitrogens is 3. The molecule has 1 aromatic carbocycles. The van der Waals surface area contributed by atoms with Crippen LogP contribution in [-0.2, 0) is 16.6 Å². The van der Waals surface area contributed by atoms with Gasteiger partial charge in [-0.1, -0.05) is 19.3 Å². The lowest BCUT2D eigenvalue weighted by atomic mass is 9.83. The summed E-state index contributed by atoms with van der Waals surface area (Å²) < 4.78 is 7.27. The smallest absolute Gasteiger partial charge is 0.408 e. The Morgan fingerprint density at radius 1 is 1.18 bits per heavy atom. The Balaban J connectivity index is 1.48. The number of nitrogens with one attached hydrogen (secondary N) is 4. The van der Waals surface area contributed by atoms with E-state index >= 15 is 0 Å². The number of carbonyl (C=O) groups is 3. The van der Waals surface area contributed by atoms with Gasteiger partial charge in [-0.2, -0.15) is 5.10 Å². The third-order valence-electron chi connectivity index (χ3n) is 6.85. The molecule has 0 saturated heterocycles. The van der Waals surface area contributed by atoms with Crippen molar-refractivity contribution in [3.63, 3.8) is 0 Å². The van der Waals surface area contributed by atoms with Crippen LogP contribution in [0.2, 0.25) is 0 Å². The molecule has 1 aliphatic heterocycles. The number of ether oxygens (including phenoxy) is 1. The number of hydrogen-bond acceptors (Lipinski definition) is 6. The maximum atomic E-state index is 13.6. The van der Waals surface area contributed by atoms with Crippen LogP contribution >= 0.6 is 0 Å². The summed E-state index contributed by atoms with van der Waals surface area (Å²) in [5, 5.41) is 10.5. The number of aryl methyl sites for hydroxylation is 1. The molecular formula is C27H33N7O4. The molecule has 38 heavy (non-hydrogen) atoms. The van der Waals surface area contributed by atoms with Gasteiger partial charge in [0.25, 0.3) is 5.91 Å². The van der Waals surface area contributed by atoms with Crippen LogP contribution in [0.4, 0.5) is 10.5 Å². The first-order chi connectivity index (χ1) is 18.1. The molecule has 1 saturated carbocycles. The molecule has 3 aromatic rings. The van der Waals surface area contributed by atoms with E-state index < -0.39 is 17.7 Å². The van der Waals surface area contributed by atoms with Crippen molar-refractivity contribution in [2.24, 2.45) is 18.1 Å². The van der Waals surface area contributed by atoms with Gasteiger partial charge in [0, 0.05) is 35.4 Å². The number of alkyl carbamates (subject to hydrolysis) is 1. The Hall–Kier alpha value is -4.15. The zero-order chi connectivity index (χ0) is 27.0. The Morgan fingerprint density at radius 3 is 2.63 bits per heavy atom. The summed E-state index contributed by atoms with van der Waals surface area (Å²) in [7, 11) is 1.88. The first-order valence-corrected chi connectivity index (χ1v) is 12.9. The first-order valence-electron chi connectivity index (χ1n) is 12.9. The maximum Gasteiger partial charge on any atom is 0.408 e. The lowest BCUT2D eigenvalue weighted by molar-refractivity contribution is -0.119. The van der Waals surface area contributed by atoms with E-state index in [2.05, 4.69) is 31.1 Å². The van der Waals surface area contributed by atoms with E-state index in [4.69, 9.17) is 4.74 Å². The van der Waals surface area contributed by atoms with E-state index in [0.29, 0.717) is 27.8 Å². The molecule has 0 spiro atoms. The van der Waals surface area contributed by atoms with Crippen molar-refractivity contribution in [1.29, 1.82) is 0 Å². The Bertz CT molecular complexity index is 1420. The molecule has 1 aliphatic carbocycles. The van der Waals surface area contributed by atoms with E-state index in [9.17, 15) is 14.4 Å². The minimum Gasteiger partial charge on any atom is -0.444 e. The minimum atomic E-state index is -0.763. The number of anilines is 1. The van der Waals surface area contributed by atoms with Gasteiger partial charge in [-0.05, 0) is 51.7 Å². The molecule has 0 radical (unpaired) electrons. The zero-order valence-corrected chi connectivity index (χ0v) is 22.1. The highest BCUT2D eigenvalue weighted by Crippen LogP contribution is 2.34. The molecule has 2 aliphatic rings. The predicted octanol–water partition coefficient (Wildman–Crippen LogP) is 4.06. The molecule has 2 aromatic heterocycles. The van der Waals surface area contributed by atoms with Crippen LogP contribution in [0.3, 0.4) is 0 Å². The Morgan fingerprint density at radius 2 is 1.95 bits per heavy atom. The summed E-state index contributed by atoms with van der Waals surface area (Å²) >= 11 is 0. The number of rotatable bonds is 5. The number of amides is 3. The largest absolute Gasteiger partial charge is 0.444 e. The van der Waals surface area contributed by atoms with Gasteiger partial charge in [-0.15, -0.1) is 0 Å². The summed E-state index contributed by atoms with van der Waals surface area (Å²) in [5.74, 6) is -0.745. The normalized spacial score (nSPS) is 16.6. The van der Waals surface area contributed by atoms with Crippen LogP contribution in [0.5, 0.6) is 0 Å². The second-order valence-corrected chi connectivity index (χ2v) is 11.0. The number of hydrogen-bond donors (Lipinski definition) is 4. The number of benzene rings is 1. The first kappa shape index (κ1) is 25.5. The van der Waals surface area contributed by atoms with Crippen molar-refractivity contribution < 1.29 is 19.1 Å². The predicted molar refractivity (Wildman–Crippen MR) is 144 cm³/mol. The van der Waals surface area contributed by atoms with Crippen LogP contribution in [0.1, 0.15) is 68.8 Å². The van der Waals surface area contributed by atoms with Crippen molar-refractivity contribution in [3.05, 3.63) is 35.8 Å². The van der Waals surface area contributed by atoms with Crippen LogP contribution < -0.4 is 16.1 Å². The van der Waals surface area contributed by atoms with E-state index in [1.807, 2.05) is 17.8 Å². The molecule has 200 valence electrons. The minimum absolute atomic E-state index is 0.00824. The third-order valence-corrected chi connectivity index (χ3v) is 6.85. The summed E-state index contributed by atoms with van der Waals surface area (Å²) in [4.78, 5) is 46.9. The van der Waals surface area contributed by atoms with E-state index in [1.54, 1.807) is 45.4 Å². The lowest BCUT2D eigenvalue weighted by Gasteiger charge is -2.31. The van der Waals surface area contributed by atoms with Gasteiger partial charge in [-0.25, -0.2) is 15.2 Å². The summed E-state index contributed by atoms with van der Waals surface area (Å²) in [6.45, 7) is 5.35. The number of aromatic amines is 1. The quantitative estimate of drug-likeness (QED) is 0.402. The second kappa shape index (κ2) is 9.96. The van der Waals surface area contributed by atoms with E-state index in [-0.39, 0.29) is 17.7 Å². The third kappa shape index (κ3) is 5.27. The summed E-state index contributed by atoms with van der Waals surface area (Å²) in [5.41, 5.74) is 5.46.